The van der Waals surface area contributed by atoms with E-state index in [2.05, 4.69) is 10.6 Å². The van der Waals surface area contributed by atoms with E-state index in [-0.39, 0.29) is 5.91 Å². The van der Waals surface area contributed by atoms with Gasteiger partial charge in [-0.1, -0.05) is 0 Å². The fraction of sp³-hybridized carbons (Fsp3) is 0.500. The van der Waals surface area contributed by atoms with Crippen LogP contribution in [0.15, 0.2) is 18.2 Å². The van der Waals surface area contributed by atoms with Crippen LogP contribution in [0.4, 0.5) is 10.5 Å². The molecule has 0 aromatic heterocycles. The van der Waals surface area contributed by atoms with Crippen molar-refractivity contribution in [2.45, 2.75) is 39.7 Å². The number of hydrogen-bond acceptors (Lipinski definition) is 4. The van der Waals surface area contributed by atoms with E-state index in [0.717, 1.165) is 5.56 Å². The number of aryl methyl sites for hydroxylation is 1. The van der Waals surface area contributed by atoms with Crippen LogP contribution in [0, 0.1) is 6.92 Å². The second-order valence-electron chi connectivity index (χ2n) is 6.11. The summed E-state index contributed by atoms with van der Waals surface area (Å²) in [5.41, 5.74) is 7.22. The maximum absolute atomic E-state index is 12.0. The van der Waals surface area contributed by atoms with Crippen molar-refractivity contribution in [1.82, 2.24) is 10.6 Å². The van der Waals surface area contributed by atoms with E-state index in [1.54, 1.807) is 18.2 Å². The predicted molar refractivity (Wildman–Crippen MR) is 86.8 cm³/mol. The summed E-state index contributed by atoms with van der Waals surface area (Å²) in [4.78, 5) is 23.4. The van der Waals surface area contributed by atoms with Gasteiger partial charge >= 0.3 is 6.09 Å². The Balaban J connectivity index is 2.27. The summed E-state index contributed by atoms with van der Waals surface area (Å²) in [6.07, 6.45) is 0.173. The van der Waals surface area contributed by atoms with E-state index in [1.807, 2.05) is 27.7 Å². The highest BCUT2D eigenvalue weighted by Gasteiger charge is 2.15. The van der Waals surface area contributed by atoms with Crippen molar-refractivity contribution in [1.29, 1.82) is 0 Å². The fourth-order valence-electron chi connectivity index (χ4n) is 1.83. The molecule has 2 amide bonds. The van der Waals surface area contributed by atoms with Gasteiger partial charge in [-0.05, 0) is 57.9 Å². The molecule has 1 rings (SSSR count). The van der Waals surface area contributed by atoms with E-state index in [0.29, 0.717) is 30.8 Å². The third-order valence-corrected chi connectivity index (χ3v) is 2.80. The first-order valence-electron chi connectivity index (χ1n) is 7.30. The van der Waals surface area contributed by atoms with Gasteiger partial charge in [0.2, 0.25) is 0 Å². The lowest BCUT2D eigenvalue weighted by molar-refractivity contribution is 0.0527. The minimum atomic E-state index is -0.509. The molecule has 6 nitrogen and oxygen atoms in total. The van der Waals surface area contributed by atoms with Gasteiger partial charge in [-0.15, -0.1) is 0 Å². The summed E-state index contributed by atoms with van der Waals surface area (Å²) in [7, 11) is 0. The zero-order chi connectivity index (χ0) is 16.8. The number of hydrogen-bond donors (Lipinski definition) is 3. The molecule has 0 spiro atoms. The van der Waals surface area contributed by atoms with Crippen molar-refractivity contribution in [3.8, 4) is 0 Å². The van der Waals surface area contributed by atoms with E-state index in [9.17, 15) is 9.59 Å². The summed E-state index contributed by atoms with van der Waals surface area (Å²) < 4.78 is 5.11. The summed E-state index contributed by atoms with van der Waals surface area (Å²) in [5, 5.41) is 5.45. The van der Waals surface area contributed by atoms with Gasteiger partial charge in [0, 0.05) is 24.3 Å². The molecule has 0 heterocycles. The van der Waals surface area contributed by atoms with Crippen molar-refractivity contribution < 1.29 is 14.3 Å². The van der Waals surface area contributed by atoms with Crippen molar-refractivity contribution in [3.63, 3.8) is 0 Å². The SMILES string of the molecule is Cc1cc(N)ccc1C(=O)NCCCNC(=O)OC(C)(C)C. The largest absolute Gasteiger partial charge is 0.444 e. The molecule has 0 unspecified atom stereocenters. The Morgan fingerprint density at radius 1 is 1.18 bits per heavy atom. The highest BCUT2D eigenvalue weighted by Crippen LogP contribution is 2.12. The van der Waals surface area contributed by atoms with E-state index < -0.39 is 11.7 Å². The molecule has 0 radical (unpaired) electrons. The molecular weight excluding hydrogens is 282 g/mol. The van der Waals surface area contributed by atoms with Gasteiger partial charge in [0.1, 0.15) is 5.60 Å². The molecule has 0 bridgehead atoms. The molecule has 122 valence electrons. The number of nitrogen functional groups attached to an aromatic ring is 1. The third-order valence-electron chi connectivity index (χ3n) is 2.80. The maximum atomic E-state index is 12.0. The topological polar surface area (TPSA) is 93.5 Å². The van der Waals surface area contributed by atoms with Gasteiger partial charge in [-0.25, -0.2) is 4.79 Å². The van der Waals surface area contributed by atoms with Crippen molar-refractivity contribution >= 4 is 17.7 Å². The Kier molecular flexibility index (Phi) is 6.22. The van der Waals surface area contributed by atoms with Crippen LogP contribution in [-0.2, 0) is 4.74 Å². The Morgan fingerprint density at radius 2 is 1.82 bits per heavy atom. The summed E-state index contributed by atoms with van der Waals surface area (Å²) in [6.45, 7) is 8.18. The van der Waals surface area contributed by atoms with E-state index in [1.165, 1.54) is 0 Å². The number of carbonyl (C=O) groups is 2. The molecule has 4 N–H and O–H groups in total. The maximum Gasteiger partial charge on any atom is 0.407 e. The minimum absolute atomic E-state index is 0.144. The van der Waals surface area contributed by atoms with Crippen LogP contribution in [0.2, 0.25) is 0 Å². The zero-order valence-corrected chi connectivity index (χ0v) is 13.7. The van der Waals surface area contributed by atoms with Gasteiger partial charge in [0.25, 0.3) is 5.91 Å². The highest BCUT2D eigenvalue weighted by atomic mass is 16.6. The molecule has 0 aliphatic heterocycles. The zero-order valence-electron chi connectivity index (χ0n) is 13.7. The van der Waals surface area contributed by atoms with Crippen LogP contribution in [0.3, 0.4) is 0 Å². The first-order chi connectivity index (χ1) is 10.2. The number of ether oxygens (including phenoxy) is 1. The normalized spacial score (nSPS) is 10.9. The number of rotatable bonds is 5. The van der Waals surface area contributed by atoms with E-state index >= 15 is 0 Å². The van der Waals surface area contributed by atoms with Crippen LogP contribution in [0.1, 0.15) is 43.1 Å². The molecule has 0 atom stereocenters. The number of carbonyl (C=O) groups excluding carboxylic acids is 2. The molecule has 1 aromatic rings. The molecule has 0 aliphatic rings. The highest BCUT2D eigenvalue weighted by molar-refractivity contribution is 5.95. The van der Waals surface area contributed by atoms with Gasteiger partial charge < -0.3 is 21.1 Å². The number of nitrogens with one attached hydrogen (secondary N) is 2. The predicted octanol–water partition coefficient (Wildman–Crippen LogP) is 2.22. The first kappa shape index (κ1) is 17.8. The van der Waals surface area contributed by atoms with Gasteiger partial charge in [0.15, 0.2) is 0 Å². The number of benzene rings is 1. The van der Waals surface area contributed by atoms with Crippen molar-refractivity contribution in [2.75, 3.05) is 18.8 Å². The van der Waals surface area contributed by atoms with Gasteiger partial charge in [-0.3, -0.25) is 4.79 Å². The number of alkyl carbamates (subject to hydrolysis) is 1. The average molecular weight is 307 g/mol. The van der Waals surface area contributed by atoms with Crippen LogP contribution in [0.5, 0.6) is 0 Å². The molecule has 22 heavy (non-hydrogen) atoms. The van der Waals surface area contributed by atoms with Crippen LogP contribution < -0.4 is 16.4 Å². The molecule has 0 saturated carbocycles. The smallest absolute Gasteiger partial charge is 0.407 e. The molecule has 0 fully saturated rings. The Morgan fingerprint density at radius 3 is 2.41 bits per heavy atom. The lowest BCUT2D eigenvalue weighted by Crippen LogP contribution is -2.34. The van der Waals surface area contributed by atoms with Crippen LogP contribution in [-0.4, -0.2) is 30.7 Å². The Bertz CT molecular complexity index is 536. The van der Waals surface area contributed by atoms with Crippen LogP contribution in [0.25, 0.3) is 0 Å². The summed E-state index contributed by atoms with van der Waals surface area (Å²) >= 11 is 0. The van der Waals surface area contributed by atoms with Crippen LogP contribution >= 0.6 is 0 Å². The lowest BCUT2D eigenvalue weighted by atomic mass is 10.1. The molecule has 0 aliphatic carbocycles. The standard InChI is InChI=1S/C16H25N3O3/c1-11-10-12(17)6-7-13(11)14(20)18-8-5-9-19-15(21)22-16(2,3)4/h6-7,10H,5,8-9,17H2,1-4H3,(H,18,20)(H,19,21). The second-order valence-corrected chi connectivity index (χ2v) is 6.11. The minimum Gasteiger partial charge on any atom is -0.444 e. The van der Waals surface area contributed by atoms with Crippen molar-refractivity contribution in [2.24, 2.45) is 0 Å². The second kappa shape index (κ2) is 7.68. The Hall–Kier alpha value is -2.24. The Labute approximate surface area is 131 Å². The van der Waals surface area contributed by atoms with Crippen molar-refractivity contribution in [3.05, 3.63) is 29.3 Å². The van der Waals surface area contributed by atoms with E-state index in [4.69, 9.17) is 10.5 Å². The number of nitrogens with two attached hydrogens (primary N) is 1. The fourth-order valence-corrected chi connectivity index (χ4v) is 1.83. The lowest BCUT2D eigenvalue weighted by Gasteiger charge is -2.19. The molecule has 1 aromatic carbocycles. The molecule has 0 saturated heterocycles. The third kappa shape index (κ3) is 6.47. The van der Waals surface area contributed by atoms with Gasteiger partial charge in [-0.2, -0.15) is 0 Å². The number of amides is 2. The number of anilines is 1. The summed E-state index contributed by atoms with van der Waals surface area (Å²) in [6, 6.07) is 5.17. The molecular formula is C16H25N3O3. The summed E-state index contributed by atoms with van der Waals surface area (Å²) in [5.74, 6) is -0.144. The van der Waals surface area contributed by atoms with Gasteiger partial charge in [0.05, 0.1) is 0 Å². The molecule has 6 heteroatoms. The monoisotopic (exact) mass is 307 g/mol. The average Bonchev–Trinajstić information content (AvgIpc) is 2.35. The first-order valence-corrected chi connectivity index (χ1v) is 7.30. The quantitative estimate of drug-likeness (QED) is 0.574.